The lowest BCUT2D eigenvalue weighted by atomic mass is 9.76. The molecule has 140 valence electrons. The highest BCUT2D eigenvalue weighted by Gasteiger charge is 2.31. The second-order valence-electron chi connectivity index (χ2n) is 8.03. The molecule has 5 heteroatoms. The van der Waals surface area contributed by atoms with E-state index in [1.807, 2.05) is 0 Å². The van der Waals surface area contributed by atoms with Crippen molar-refractivity contribution in [3.8, 4) is 0 Å². The summed E-state index contributed by atoms with van der Waals surface area (Å²) in [5.74, 6) is 2.16. The van der Waals surface area contributed by atoms with E-state index in [9.17, 15) is 13.2 Å². The Hall–Kier alpha value is -0.483. The molecule has 1 saturated carbocycles. The molecule has 0 unspecified atom stereocenters. The lowest BCUT2D eigenvalue weighted by molar-refractivity contribution is -0.137. The second-order valence-corrected chi connectivity index (χ2v) is 12.2. The Labute approximate surface area is 155 Å². The molecule has 1 aliphatic heterocycles. The zero-order chi connectivity index (χ0) is 17.9. The first-order chi connectivity index (χ1) is 11.9. The maximum absolute atomic E-state index is 12.7. The maximum atomic E-state index is 12.7. The number of hydrogen-bond donors (Lipinski definition) is 0. The van der Waals surface area contributed by atoms with Gasteiger partial charge in [0.05, 0.1) is 5.56 Å². The lowest BCUT2D eigenvalue weighted by Crippen LogP contribution is -2.18. The van der Waals surface area contributed by atoms with Crippen molar-refractivity contribution in [3.63, 3.8) is 0 Å². The van der Waals surface area contributed by atoms with E-state index in [4.69, 9.17) is 11.1 Å². The van der Waals surface area contributed by atoms with Crippen molar-refractivity contribution in [1.82, 2.24) is 0 Å². The van der Waals surface area contributed by atoms with Crippen LogP contribution in [0, 0.1) is 11.8 Å². The van der Waals surface area contributed by atoms with Crippen molar-refractivity contribution in [2.75, 3.05) is 0 Å². The molecular formula is C20H28ClF3Si. The van der Waals surface area contributed by atoms with Gasteiger partial charge in [0, 0.05) is 0 Å². The quantitative estimate of drug-likeness (QED) is 0.380. The van der Waals surface area contributed by atoms with Crippen LogP contribution in [0.15, 0.2) is 24.3 Å². The molecule has 1 saturated heterocycles. The number of alkyl halides is 3. The highest BCUT2D eigenvalue weighted by atomic mass is 35.6. The first kappa shape index (κ1) is 19.3. The van der Waals surface area contributed by atoms with Crippen molar-refractivity contribution >= 4 is 19.2 Å². The molecule has 1 aromatic rings. The summed E-state index contributed by atoms with van der Waals surface area (Å²) < 4.78 is 38.0. The molecule has 0 nitrogen and oxygen atoms in total. The van der Waals surface area contributed by atoms with E-state index in [0.717, 1.165) is 30.2 Å². The molecule has 2 fully saturated rings. The monoisotopic (exact) mass is 388 g/mol. The van der Waals surface area contributed by atoms with Crippen molar-refractivity contribution in [1.29, 1.82) is 0 Å². The van der Waals surface area contributed by atoms with Gasteiger partial charge in [0.1, 0.15) is 8.11 Å². The molecule has 2 aliphatic rings. The van der Waals surface area contributed by atoms with Crippen LogP contribution < -0.4 is 0 Å². The van der Waals surface area contributed by atoms with Gasteiger partial charge in [0.15, 0.2) is 0 Å². The molecule has 0 N–H and O–H groups in total. The summed E-state index contributed by atoms with van der Waals surface area (Å²) in [5.41, 5.74) is 0.538. The van der Waals surface area contributed by atoms with Gasteiger partial charge >= 0.3 is 6.18 Å². The Morgan fingerprint density at radius 3 is 1.88 bits per heavy atom. The SMILES string of the molecule is FC(F)(F)c1ccc(C2CCC(CCC3CC[SiH](Cl)CC3)CC2)cc1. The van der Waals surface area contributed by atoms with Gasteiger partial charge in [-0.2, -0.15) is 24.3 Å². The van der Waals surface area contributed by atoms with E-state index in [1.165, 1.54) is 62.7 Å². The summed E-state index contributed by atoms with van der Waals surface area (Å²) in [6.07, 6.45) is 5.85. The standard InChI is InChI=1S/C20H28ClF3Si/c21-25-13-11-16(12-14-25)2-1-15-3-5-17(6-4-15)18-7-9-19(10-8-18)20(22,23)24/h7-10,15-17,25H,1-6,11-14H2. The van der Waals surface area contributed by atoms with Gasteiger partial charge in [-0.15, -0.1) is 0 Å². The van der Waals surface area contributed by atoms with Crippen molar-refractivity contribution in [3.05, 3.63) is 35.4 Å². The van der Waals surface area contributed by atoms with E-state index in [1.54, 1.807) is 12.1 Å². The molecule has 0 spiro atoms. The van der Waals surface area contributed by atoms with E-state index in [2.05, 4.69) is 0 Å². The van der Waals surface area contributed by atoms with Crippen molar-refractivity contribution < 1.29 is 13.2 Å². The van der Waals surface area contributed by atoms with Crippen molar-refractivity contribution in [2.45, 2.75) is 75.5 Å². The van der Waals surface area contributed by atoms with Crippen LogP contribution in [0.4, 0.5) is 13.2 Å². The Bertz CT molecular complexity index is 527. The van der Waals surface area contributed by atoms with Crippen LogP contribution in [-0.2, 0) is 6.18 Å². The van der Waals surface area contributed by atoms with E-state index in [-0.39, 0.29) is 0 Å². The third-order valence-electron chi connectivity index (χ3n) is 6.32. The van der Waals surface area contributed by atoms with Crippen LogP contribution in [0.2, 0.25) is 12.1 Å². The van der Waals surface area contributed by atoms with E-state index >= 15 is 0 Å². The van der Waals surface area contributed by atoms with Crippen molar-refractivity contribution in [2.24, 2.45) is 11.8 Å². The fourth-order valence-electron chi connectivity index (χ4n) is 4.61. The lowest BCUT2D eigenvalue weighted by Gasteiger charge is -2.31. The Balaban J connectivity index is 1.42. The minimum atomic E-state index is -4.23. The van der Waals surface area contributed by atoms with Crippen LogP contribution in [0.1, 0.15) is 68.4 Å². The van der Waals surface area contributed by atoms with Gasteiger partial charge in [-0.25, -0.2) is 0 Å². The molecule has 1 heterocycles. The molecule has 1 aromatic carbocycles. The molecule has 0 radical (unpaired) electrons. The van der Waals surface area contributed by atoms with Gasteiger partial charge in [0.25, 0.3) is 0 Å². The van der Waals surface area contributed by atoms with Gasteiger partial charge in [-0.1, -0.05) is 37.8 Å². The molecule has 25 heavy (non-hydrogen) atoms. The third-order valence-corrected chi connectivity index (χ3v) is 9.54. The summed E-state index contributed by atoms with van der Waals surface area (Å²) in [4.78, 5) is 0. The summed E-state index contributed by atoms with van der Waals surface area (Å²) in [5, 5.41) is 0. The van der Waals surface area contributed by atoms with Crippen LogP contribution >= 0.6 is 11.1 Å². The average Bonchev–Trinajstić information content (AvgIpc) is 2.61. The minimum absolute atomic E-state index is 0.441. The zero-order valence-corrected chi connectivity index (χ0v) is 16.6. The Kier molecular flexibility index (Phi) is 6.53. The second kappa shape index (κ2) is 8.47. The normalized spacial score (nSPS) is 31.0. The maximum Gasteiger partial charge on any atom is 0.416 e. The number of hydrogen-bond acceptors (Lipinski definition) is 0. The van der Waals surface area contributed by atoms with Crippen LogP contribution in [-0.4, -0.2) is 8.11 Å². The fourth-order valence-corrected chi connectivity index (χ4v) is 7.32. The van der Waals surface area contributed by atoms with Crippen LogP contribution in [0.3, 0.4) is 0 Å². The summed E-state index contributed by atoms with van der Waals surface area (Å²) >= 11 is 6.32. The number of halogens is 4. The molecule has 1 aliphatic carbocycles. The first-order valence-electron chi connectivity index (χ1n) is 9.73. The van der Waals surface area contributed by atoms with Crippen LogP contribution in [0.5, 0.6) is 0 Å². The molecule has 0 amide bonds. The van der Waals surface area contributed by atoms with Gasteiger partial charge in [-0.3, -0.25) is 0 Å². The van der Waals surface area contributed by atoms with E-state index in [0.29, 0.717) is 5.92 Å². The predicted molar refractivity (Wildman–Crippen MR) is 101 cm³/mol. The molecule has 0 bridgehead atoms. The third kappa shape index (κ3) is 5.49. The highest BCUT2D eigenvalue weighted by molar-refractivity contribution is 7.07. The van der Waals surface area contributed by atoms with Gasteiger partial charge in [0.2, 0.25) is 0 Å². The summed E-state index contributed by atoms with van der Waals surface area (Å²) in [7, 11) is -0.848. The first-order valence-corrected chi connectivity index (χ1v) is 13.1. The molecule has 3 rings (SSSR count). The van der Waals surface area contributed by atoms with E-state index < -0.39 is 19.8 Å². The zero-order valence-electron chi connectivity index (χ0n) is 14.7. The predicted octanol–water partition coefficient (Wildman–Crippen LogP) is 7.13. The average molecular weight is 389 g/mol. The fraction of sp³-hybridized carbons (Fsp3) is 0.700. The Morgan fingerprint density at radius 1 is 0.840 bits per heavy atom. The molecule has 0 atom stereocenters. The summed E-state index contributed by atoms with van der Waals surface area (Å²) in [6, 6.07) is 8.46. The smallest absolute Gasteiger partial charge is 0.172 e. The van der Waals surface area contributed by atoms with Gasteiger partial charge in [-0.05, 0) is 73.2 Å². The number of rotatable bonds is 4. The Morgan fingerprint density at radius 2 is 1.36 bits per heavy atom. The largest absolute Gasteiger partial charge is 0.416 e. The van der Waals surface area contributed by atoms with Gasteiger partial charge < -0.3 is 0 Å². The summed E-state index contributed by atoms with van der Waals surface area (Å²) in [6.45, 7) is 0. The van der Waals surface area contributed by atoms with Crippen LogP contribution in [0.25, 0.3) is 0 Å². The molecule has 0 aromatic heterocycles. The minimum Gasteiger partial charge on any atom is -0.172 e. The molecular weight excluding hydrogens is 361 g/mol. The number of benzene rings is 1. The highest BCUT2D eigenvalue weighted by Crippen LogP contribution is 2.40. The topological polar surface area (TPSA) is 0 Å².